The van der Waals surface area contributed by atoms with E-state index in [9.17, 15) is 28.1 Å². The van der Waals surface area contributed by atoms with Crippen molar-refractivity contribution < 1.29 is 22.9 Å². The number of benzene rings is 2. The minimum Gasteiger partial charge on any atom is -0.357 e. The van der Waals surface area contributed by atoms with Gasteiger partial charge in [-0.3, -0.25) is 24.0 Å². The molecule has 10 nitrogen and oxygen atoms in total. The number of nitro groups is 1. The second kappa shape index (κ2) is 10.6. The van der Waals surface area contributed by atoms with E-state index in [4.69, 9.17) is 11.6 Å². The van der Waals surface area contributed by atoms with Crippen LogP contribution in [0.1, 0.15) is 18.1 Å². The summed E-state index contributed by atoms with van der Waals surface area (Å²) in [5, 5.41) is 14.1. The zero-order valence-electron chi connectivity index (χ0n) is 18.6. The number of halogens is 1. The number of carbonyl (C=O) groups excluding carboxylic acids is 2. The lowest BCUT2D eigenvalue weighted by atomic mass is 10.1. The molecule has 0 bridgehead atoms. The Morgan fingerprint density at radius 3 is 2.42 bits per heavy atom. The summed E-state index contributed by atoms with van der Waals surface area (Å²) in [4.78, 5) is 37.4. The summed E-state index contributed by atoms with van der Waals surface area (Å²) in [5.41, 5.74) is 0.769. The van der Waals surface area contributed by atoms with Gasteiger partial charge < -0.3 is 10.2 Å². The Labute approximate surface area is 197 Å². The molecule has 0 spiro atoms. The highest BCUT2D eigenvalue weighted by molar-refractivity contribution is 7.92. The maximum Gasteiger partial charge on any atom is 0.271 e. The van der Waals surface area contributed by atoms with Crippen LogP contribution in [0.3, 0.4) is 0 Å². The molecular formula is C21H25ClN4O6S. The number of aryl methyl sites for hydroxylation is 1. The first-order valence-corrected chi connectivity index (χ1v) is 12.1. The van der Waals surface area contributed by atoms with E-state index in [2.05, 4.69) is 5.32 Å². The number of rotatable bonds is 9. The van der Waals surface area contributed by atoms with E-state index < -0.39 is 39.3 Å². The Bertz CT molecular complexity index is 1170. The predicted molar refractivity (Wildman–Crippen MR) is 126 cm³/mol. The minimum atomic E-state index is -4.00. The van der Waals surface area contributed by atoms with Crippen LogP contribution < -0.4 is 9.62 Å². The third-order valence-corrected chi connectivity index (χ3v) is 6.37. The normalized spacial score (nSPS) is 12.0. The molecule has 0 aliphatic carbocycles. The molecule has 2 aromatic carbocycles. The lowest BCUT2D eigenvalue weighted by Crippen LogP contribution is -2.50. The number of non-ortho nitro benzene ring substituents is 1. The summed E-state index contributed by atoms with van der Waals surface area (Å²) in [7, 11) is -2.57. The van der Waals surface area contributed by atoms with E-state index in [0.29, 0.717) is 16.1 Å². The maximum atomic E-state index is 13.3. The summed E-state index contributed by atoms with van der Waals surface area (Å²) in [6, 6.07) is 9.56. The zero-order valence-corrected chi connectivity index (χ0v) is 20.2. The van der Waals surface area contributed by atoms with Gasteiger partial charge >= 0.3 is 0 Å². The Hall–Kier alpha value is -3.18. The number of likely N-dealkylation sites (N-methyl/N-ethyl adjacent to an activating group) is 1. The van der Waals surface area contributed by atoms with Gasteiger partial charge in [-0.25, -0.2) is 8.42 Å². The average molecular weight is 497 g/mol. The number of nitrogens with zero attached hydrogens (tertiary/aromatic N) is 3. The molecular weight excluding hydrogens is 472 g/mol. The number of sulfonamides is 1. The molecule has 1 atom stereocenters. The smallest absolute Gasteiger partial charge is 0.271 e. The fourth-order valence-electron chi connectivity index (χ4n) is 3.20. The van der Waals surface area contributed by atoms with Crippen LogP contribution in [-0.2, 0) is 26.2 Å². The number of hydrogen-bond acceptors (Lipinski definition) is 6. The number of carbonyl (C=O) groups is 2. The van der Waals surface area contributed by atoms with Crippen molar-refractivity contribution in [1.29, 1.82) is 0 Å². The number of nitrogens with one attached hydrogen (secondary N) is 1. The van der Waals surface area contributed by atoms with Crippen molar-refractivity contribution in [3.8, 4) is 0 Å². The lowest BCUT2D eigenvalue weighted by Gasteiger charge is -2.31. The van der Waals surface area contributed by atoms with E-state index in [1.54, 1.807) is 31.2 Å². The van der Waals surface area contributed by atoms with Gasteiger partial charge in [-0.2, -0.15) is 0 Å². The highest BCUT2D eigenvalue weighted by atomic mass is 35.5. The Kier molecular flexibility index (Phi) is 8.39. The number of anilines is 1. The summed E-state index contributed by atoms with van der Waals surface area (Å²) in [5.74, 6) is -1.11. The summed E-state index contributed by atoms with van der Waals surface area (Å²) in [6.07, 6.45) is 0.905. The fraction of sp³-hybridized carbons (Fsp3) is 0.333. The zero-order chi connectivity index (χ0) is 24.9. The molecule has 0 aliphatic rings. The number of nitro benzene ring substituents is 1. The Morgan fingerprint density at radius 2 is 1.88 bits per heavy atom. The molecule has 0 saturated heterocycles. The molecule has 33 heavy (non-hydrogen) atoms. The molecule has 178 valence electrons. The van der Waals surface area contributed by atoms with Gasteiger partial charge in [0.25, 0.3) is 5.69 Å². The highest BCUT2D eigenvalue weighted by Crippen LogP contribution is 2.28. The van der Waals surface area contributed by atoms with Crippen LogP contribution in [-0.4, -0.2) is 55.9 Å². The molecule has 2 rings (SSSR count). The minimum absolute atomic E-state index is 0.000495. The maximum absolute atomic E-state index is 13.3. The molecule has 0 fully saturated rings. The van der Waals surface area contributed by atoms with E-state index in [-0.39, 0.29) is 17.9 Å². The van der Waals surface area contributed by atoms with Gasteiger partial charge in [-0.05, 0) is 37.1 Å². The van der Waals surface area contributed by atoms with Crippen molar-refractivity contribution in [2.24, 2.45) is 0 Å². The summed E-state index contributed by atoms with van der Waals surface area (Å²) >= 11 is 6.03. The van der Waals surface area contributed by atoms with Crippen LogP contribution in [0.25, 0.3) is 0 Å². The monoisotopic (exact) mass is 496 g/mol. The molecule has 2 aromatic rings. The van der Waals surface area contributed by atoms with Gasteiger partial charge in [0.05, 0.1) is 16.9 Å². The molecule has 0 aliphatic heterocycles. The quantitative estimate of drug-likeness (QED) is 0.419. The molecule has 0 radical (unpaired) electrons. The molecule has 2 amide bonds. The van der Waals surface area contributed by atoms with Crippen LogP contribution >= 0.6 is 11.6 Å². The van der Waals surface area contributed by atoms with E-state index >= 15 is 0 Å². The third-order valence-electron chi connectivity index (χ3n) is 5.01. The summed E-state index contributed by atoms with van der Waals surface area (Å²) < 4.78 is 26.0. The molecule has 12 heteroatoms. The van der Waals surface area contributed by atoms with Crippen LogP contribution in [0.4, 0.5) is 11.4 Å². The first-order valence-electron chi connectivity index (χ1n) is 9.83. The van der Waals surface area contributed by atoms with Gasteiger partial charge in [-0.1, -0.05) is 29.8 Å². The molecule has 0 aromatic heterocycles. The largest absolute Gasteiger partial charge is 0.357 e. The standard InChI is InChI=1S/C21H25ClN4O6S/c1-14-8-9-18(26(29)30)11-19(14)25(33(4,31)32)13-20(27)24(15(2)21(28)23-3)12-16-6-5-7-17(22)10-16/h5-11,15H,12-13H2,1-4H3,(H,23,28). The second-order valence-corrected chi connectivity index (χ2v) is 9.78. The van der Waals surface area contributed by atoms with Gasteiger partial charge in [0.1, 0.15) is 12.6 Å². The molecule has 0 heterocycles. The van der Waals surface area contributed by atoms with Crippen molar-refractivity contribution in [3.63, 3.8) is 0 Å². The highest BCUT2D eigenvalue weighted by Gasteiger charge is 2.30. The average Bonchev–Trinajstić information content (AvgIpc) is 2.74. The van der Waals surface area contributed by atoms with E-state index in [1.807, 2.05) is 0 Å². The first-order chi connectivity index (χ1) is 15.3. The SMILES string of the molecule is CNC(=O)C(C)N(Cc1cccc(Cl)c1)C(=O)CN(c1cc([N+](=O)[O-])ccc1C)S(C)(=O)=O. The first kappa shape index (κ1) is 26.1. The van der Waals surface area contributed by atoms with Crippen molar-refractivity contribution in [2.45, 2.75) is 26.4 Å². The Balaban J connectivity index is 2.48. The molecule has 0 saturated carbocycles. The van der Waals surface area contributed by atoms with Crippen LogP contribution in [0.5, 0.6) is 0 Å². The van der Waals surface area contributed by atoms with Crippen molar-refractivity contribution in [2.75, 3.05) is 24.2 Å². The van der Waals surface area contributed by atoms with Gasteiger partial charge in [-0.15, -0.1) is 0 Å². The molecule has 1 N–H and O–H groups in total. The third kappa shape index (κ3) is 6.65. The van der Waals surface area contributed by atoms with Crippen LogP contribution in [0.2, 0.25) is 5.02 Å². The Morgan fingerprint density at radius 1 is 1.21 bits per heavy atom. The van der Waals surface area contributed by atoms with Gasteiger partial charge in [0.2, 0.25) is 21.8 Å². The van der Waals surface area contributed by atoms with Crippen LogP contribution in [0, 0.1) is 17.0 Å². The number of hydrogen-bond donors (Lipinski definition) is 1. The topological polar surface area (TPSA) is 130 Å². The van der Waals surface area contributed by atoms with Crippen molar-refractivity contribution in [1.82, 2.24) is 10.2 Å². The van der Waals surface area contributed by atoms with Crippen molar-refractivity contribution in [3.05, 3.63) is 68.7 Å². The lowest BCUT2D eigenvalue weighted by molar-refractivity contribution is -0.384. The second-order valence-electron chi connectivity index (χ2n) is 7.44. The van der Waals surface area contributed by atoms with Crippen molar-refractivity contribution >= 4 is 44.8 Å². The van der Waals surface area contributed by atoms with E-state index in [1.165, 1.54) is 31.0 Å². The predicted octanol–water partition coefficient (Wildman–Crippen LogP) is 2.49. The van der Waals surface area contributed by atoms with Crippen LogP contribution in [0.15, 0.2) is 42.5 Å². The fourth-order valence-corrected chi connectivity index (χ4v) is 4.31. The van der Waals surface area contributed by atoms with Gasteiger partial charge in [0, 0.05) is 30.7 Å². The van der Waals surface area contributed by atoms with Gasteiger partial charge in [0.15, 0.2) is 0 Å². The van der Waals surface area contributed by atoms with E-state index in [0.717, 1.165) is 16.6 Å². The number of amides is 2. The molecule has 1 unspecified atom stereocenters. The summed E-state index contributed by atoms with van der Waals surface area (Å²) in [6.45, 7) is 2.45.